The number of hydrogen-bond acceptors (Lipinski definition) is 0. The monoisotopic (exact) mass is 564 g/mol. The summed E-state index contributed by atoms with van der Waals surface area (Å²) < 4.78 is 5.07. The molecule has 0 spiro atoms. The van der Waals surface area contributed by atoms with E-state index in [1.54, 1.807) is 0 Å². The molecule has 0 saturated heterocycles. The van der Waals surface area contributed by atoms with Crippen molar-refractivity contribution >= 4 is 32.7 Å². The van der Waals surface area contributed by atoms with Gasteiger partial charge in [-0.2, -0.15) is 0 Å². The van der Waals surface area contributed by atoms with Crippen LogP contribution in [0.25, 0.3) is 66.3 Å². The predicted molar refractivity (Wildman–Crippen MR) is 185 cm³/mol. The summed E-state index contributed by atoms with van der Waals surface area (Å²) in [6.45, 7) is 0. The zero-order valence-corrected chi connectivity index (χ0v) is 24.6. The molecule has 0 aliphatic heterocycles. The van der Waals surface area contributed by atoms with Gasteiger partial charge in [0.1, 0.15) is 0 Å². The van der Waals surface area contributed by atoms with Crippen LogP contribution in [0.2, 0.25) is 0 Å². The molecule has 2 aromatic heterocycles. The molecule has 1 aliphatic carbocycles. The first-order valence-electron chi connectivity index (χ1n) is 15.8. The number of fused-ring (bicyclic) bond motifs is 7. The fraction of sp³-hybridized carbons (Fsp3) is 0.0952. The van der Waals surface area contributed by atoms with Crippen LogP contribution in [0.4, 0.5) is 0 Å². The van der Waals surface area contributed by atoms with Crippen molar-refractivity contribution < 1.29 is 0 Å². The first-order valence-corrected chi connectivity index (χ1v) is 15.8. The minimum Gasteiger partial charge on any atom is -0.313 e. The van der Waals surface area contributed by atoms with Gasteiger partial charge in [-0.1, -0.05) is 109 Å². The van der Waals surface area contributed by atoms with Gasteiger partial charge in [0.2, 0.25) is 0 Å². The average Bonchev–Trinajstić information content (AvgIpc) is 3.62. The quantitative estimate of drug-likeness (QED) is 0.201. The molecule has 210 valence electrons. The standard InChI is InChI=1S/C42H32N2/c1-3-13-29(14-4-1)31-17-11-19-33(27-31)43-39-24-10-8-22-37(39)41-40(43)26-25-36-35-21-7-9-23-38(35)44(42(36)41)34-20-12-18-32(28-34)30-15-5-2-6-16-30/h1-6,8,10-20,22,24-28H,7,9,21,23H2. The Labute approximate surface area is 257 Å². The Hall–Kier alpha value is -5.34. The van der Waals surface area contributed by atoms with Crippen molar-refractivity contribution in [2.24, 2.45) is 0 Å². The van der Waals surface area contributed by atoms with Crippen molar-refractivity contribution in [2.45, 2.75) is 25.7 Å². The Morgan fingerprint density at radius 2 is 1.00 bits per heavy atom. The topological polar surface area (TPSA) is 9.86 Å². The maximum Gasteiger partial charge on any atom is 0.0634 e. The summed E-state index contributed by atoms with van der Waals surface area (Å²) in [5, 5.41) is 4.04. The fourth-order valence-corrected chi connectivity index (χ4v) is 7.55. The third-order valence-electron chi connectivity index (χ3n) is 9.49. The van der Waals surface area contributed by atoms with Crippen LogP contribution >= 0.6 is 0 Å². The summed E-state index contributed by atoms with van der Waals surface area (Å²) >= 11 is 0. The third-order valence-corrected chi connectivity index (χ3v) is 9.49. The van der Waals surface area contributed by atoms with E-state index in [9.17, 15) is 0 Å². The summed E-state index contributed by atoms with van der Waals surface area (Å²) in [6.07, 6.45) is 4.74. The Balaban J connectivity index is 1.36. The minimum atomic E-state index is 1.11. The largest absolute Gasteiger partial charge is 0.313 e. The van der Waals surface area contributed by atoms with Gasteiger partial charge in [-0.3, -0.25) is 0 Å². The van der Waals surface area contributed by atoms with Crippen LogP contribution in [0.15, 0.2) is 146 Å². The van der Waals surface area contributed by atoms with Crippen LogP contribution < -0.4 is 0 Å². The van der Waals surface area contributed by atoms with Crippen molar-refractivity contribution in [1.82, 2.24) is 9.13 Å². The Morgan fingerprint density at radius 1 is 0.409 bits per heavy atom. The van der Waals surface area contributed by atoms with E-state index in [1.807, 2.05) is 0 Å². The second-order valence-electron chi connectivity index (χ2n) is 12.0. The van der Waals surface area contributed by atoms with Crippen LogP contribution in [0.3, 0.4) is 0 Å². The van der Waals surface area contributed by atoms with Crippen molar-refractivity contribution in [1.29, 1.82) is 0 Å². The predicted octanol–water partition coefficient (Wildman–Crippen LogP) is 10.9. The van der Waals surface area contributed by atoms with E-state index in [4.69, 9.17) is 0 Å². The van der Waals surface area contributed by atoms with Crippen LogP contribution in [0, 0.1) is 0 Å². The lowest BCUT2D eigenvalue weighted by atomic mass is 9.95. The van der Waals surface area contributed by atoms with Gasteiger partial charge in [0.25, 0.3) is 0 Å². The minimum absolute atomic E-state index is 1.11. The van der Waals surface area contributed by atoms with E-state index in [2.05, 4.69) is 155 Å². The van der Waals surface area contributed by atoms with Gasteiger partial charge < -0.3 is 9.13 Å². The number of para-hydroxylation sites is 1. The van der Waals surface area contributed by atoms with E-state index in [0.29, 0.717) is 0 Å². The molecule has 2 heterocycles. The third kappa shape index (κ3) is 3.88. The van der Waals surface area contributed by atoms with Crippen LogP contribution in [-0.2, 0) is 12.8 Å². The summed E-state index contributed by atoms with van der Waals surface area (Å²) in [4.78, 5) is 0. The highest BCUT2D eigenvalue weighted by Gasteiger charge is 2.25. The molecule has 6 aromatic carbocycles. The highest BCUT2D eigenvalue weighted by molar-refractivity contribution is 6.21. The summed E-state index contributed by atoms with van der Waals surface area (Å²) in [7, 11) is 0. The average molecular weight is 565 g/mol. The number of nitrogens with zero attached hydrogens (tertiary/aromatic N) is 2. The van der Waals surface area contributed by atoms with Crippen molar-refractivity contribution in [3.05, 3.63) is 157 Å². The number of benzene rings is 6. The lowest BCUT2D eigenvalue weighted by Gasteiger charge is -2.17. The molecule has 0 radical (unpaired) electrons. The van der Waals surface area contributed by atoms with Crippen molar-refractivity contribution in [3.63, 3.8) is 0 Å². The van der Waals surface area contributed by atoms with Gasteiger partial charge in [0.15, 0.2) is 0 Å². The van der Waals surface area contributed by atoms with E-state index < -0.39 is 0 Å². The lowest BCUT2D eigenvalue weighted by molar-refractivity contribution is 0.667. The maximum absolute atomic E-state index is 2.61. The highest BCUT2D eigenvalue weighted by atomic mass is 15.0. The van der Waals surface area contributed by atoms with Gasteiger partial charge in [-0.05, 0) is 89.9 Å². The summed E-state index contributed by atoms with van der Waals surface area (Å²) in [5.74, 6) is 0. The van der Waals surface area contributed by atoms with E-state index in [0.717, 1.165) is 12.8 Å². The summed E-state index contributed by atoms with van der Waals surface area (Å²) in [6, 6.07) is 53.3. The van der Waals surface area contributed by atoms with Gasteiger partial charge in [-0.25, -0.2) is 0 Å². The summed E-state index contributed by atoms with van der Waals surface area (Å²) in [5.41, 5.74) is 14.2. The Morgan fingerprint density at radius 3 is 1.70 bits per heavy atom. The molecule has 0 unspecified atom stereocenters. The number of aryl methyl sites for hydroxylation is 1. The van der Waals surface area contributed by atoms with E-state index >= 15 is 0 Å². The Kier molecular flexibility index (Phi) is 5.80. The van der Waals surface area contributed by atoms with Crippen LogP contribution in [0.1, 0.15) is 24.1 Å². The fourth-order valence-electron chi connectivity index (χ4n) is 7.55. The Bertz CT molecular complexity index is 2320. The smallest absolute Gasteiger partial charge is 0.0634 e. The molecular formula is C42H32N2. The van der Waals surface area contributed by atoms with E-state index in [1.165, 1.54) is 90.4 Å². The number of aromatic nitrogens is 2. The number of hydrogen-bond donors (Lipinski definition) is 0. The molecule has 0 saturated carbocycles. The zero-order valence-electron chi connectivity index (χ0n) is 24.6. The SMILES string of the molecule is c1ccc(-c2cccc(-n3c4c(c5ccc6c(c7ccccc7n6-c6cccc(-c7ccccc7)c6)c53)CCCC4)c2)cc1. The van der Waals surface area contributed by atoms with E-state index in [-0.39, 0.29) is 0 Å². The second kappa shape index (κ2) is 10.1. The van der Waals surface area contributed by atoms with Crippen molar-refractivity contribution in [3.8, 4) is 33.6 Å². The molecule has 8 aromatic rings. The number of rotatable bonds is 4. The lowest BCUT2D eigenvalue weighted by Crippen LogP contribution is -2.07. The van der Waals surface area contributed by atoms with Gasteiger partial charge >= 0.3 is 0 Å². The normalized spacial score (nSPS) is 13.1. The molecule has 1 aliphatic rings. The molecule has 0 amide bonds. The van der Waals surface area contributed by atoms with Gasteiger partial charge in [-0.15, -0.1) is 0 Å². The molecule has 44 heavy (non-hydrogen) atoms. The second-order valence-corrected chi connectivity index (χ2v) is 12.0. The molecule has 0 atom stereocenters. The highest BCUT2D eigenvalue weighted by Crippen LogP contribution is 2.43. The molecule has 9 rings (SSSR count). The molecular weight excluding hydrogens is 532 g/mol. The molecule has 2 nitrogen and oxygen atoms in total. The first-order chi connectivity index (χ1) is 21.8. The van der Waals surface area contributed by atoms with Crippen LogP contribution in [0.5, 0.6) is 0 Å². The molecule has 0 fully saturated rings. The molecule has 2 heteroatoms. The van der Waals surface area contributed by atoms with Crippen LogP contribution in [-0.4, -0.2) is 9.13 Å². The molecule has 0 N–H and O–H groups in total. The zero-order chi connectivity index (χ0) is 29.0. The van der Waals surface area contributed by atoms with Gasteiger partial charge in [0.05, 0.1) is 16.6 Å². The van der Waals surface area contributed by atoms with Gasteiger partial charge in [0, 0.05) is 33.2 Å². The first kappa shape index (κ1) is 25.2. The molecule has 0 bridgehead atoms. The van der Waals surface area contributed by atoms with Crippen molar-refractivity contribution in [2.75, 3.05) is 0 Å². The maximum atomic E-state index is 2.61.